The first-order valence-corrected chi connectivity index (χ1v) is 7.51. The molecule has 104 valence electrons. The van der Waals surface area contributed by atoms with E-state index >= 15 is 0 Å². The lowest BCUT2D eigenvalue weighted by atomic mass is 10.2. The lowest BCUT2D eigenvalue weighted by Gasteiger charge is -2.32. The van der Waals surface area contributed by atoms with Crippen LogP contribution in [0.2, 0.25) is 0 Å². The number of aliphatic carboxylic acids is 1. The number of rotatable bonds is 2. The molecule has 1 saturated heterocycles. The van der Waals surface area contributed by atoms with Gasteiger partial charge in [0.15, 0.2) is 0 Å². The van der Waals surface area contributed by atoms with E-state index in [0.717, 1.165) is 16.7 Å². The number of nitrogens with one attached hydrogen (secondary N) is 1. The smallest absolute Gasteiger partial charge is 0.327 e. The van der Waals surface area contributed by atoms with Gasteiger partial charge in [0.25, 0.3) is 5.91 Å². The number of fused-ring (bicyclic) bond motifs is 1. The van der Waals surface area contributed by atoms with Gasteiger partial charge in [0.2, 0.25) is 0 Å². The number of carbonyl (C=O) groups excluding carboxylic acids is 1. The van der Waals surface area contributed by atoms with Crippen LogP contribution in [0.3, 0.4) is 0 Å². The zero-order valence-electron chi connectivity index (χ0n) is 10.7. The molecule has 2 heterocycles. The lowest BCUT2D eigenvalue weighted by molar-refractivity contribution is -0.141. The maximum atomic E-state index is 12.5. The molecule has 1 aromatic heterocycles. The maximum absolute atomic E-state index is 12.5. The fraction of sp³-hybridized carbons (Fsp3) is 0.286. The van der Waals surface area contributed by atoms with Crippen LogP contribution in [0.1, 0.15) is 10.5 Å². The van der Waals surface area contributed by atoms with E-state index in [9.17, 15) is 14.7 Å². The van der Waals surface area contributed by atoms with Crippen molar-refractivity contribution in [3.8, 4) is 0 Å². The summed E-state index contributed by atoms with van der Waals surface area (Å²) >= 11 is 1.57. The Hall–Kier alpha value is -1.95. The molecule has 1 fully saturated rings. The van der Waals surface area contributed by atoms with E-state index in [2.05, 4.69) is 4.98 Å². The van der Waals surface area contributed by atoms with Gasteiger partial charge in [0.05, 0.1) is 0 Å². The zero-order valence-corrected chi connectivity index (χ0v) is 11.5. The van der Waals surface area contributed by atoms with E-state index in [1.807, 2.05) is 24.3 Å². The van der Waals surface area contributed by atoms with Gasteiger partial charge in [0.1, 0.15) is 11.7 Å². The molecule has 2 aromatic rings. The van der Waals surface area contributed by atoms with Gasteiger partial charge in [-0.25, -0.2) is 4.79 Å². The van der Waals surface area contributed by atoms with Gasteiger partial charge >= 0.3 is 5.97 Å². The Kier molecular flexibility index (Phi) is 3.40. The van der Waals surface area contributed by atoms with Crippen LogP contribution in [0.25, 0.3) is 10.9 Å². The highest BCUT2D eigenvalue weighted by molar-refractivity contribution is 7.99. The minimum Gasteiger partial charge on any atom is -0.480 e. The number of benzene rings is 1. The van der Waals surface area contributed by atoms with Crippen LogP contribution < -0.4 is 0 Å². The second-order valence-corrected chi connectivity index (χ2v) is 5.85. The molecule has 1 aliphatic heterocycles. The van der Waals surface area contributed by atoms with E-state index in [-0.39, 0.29) is 5.91 Å². The van der Waals surface area contributed by atoms with Crippen LogP contribution in [-0.4, -0.2) is 51.0 Å². The Morgan fingerprint density at radius 3 is 2.90 bits per heavy atom. The molecular weight excluding hydrogens is 276 g/mol. The number of thioether (sulfide) groups is 1. The summed E-state index contributed by atoms with van der Waals surface area (Å²) < 4.78 is 0. The fourth-order valence-electron chi connectivity index (χ4n) is 2.39. The Morgan fingerprint density at radius 1 is 1.35 bits per heavy atom. The molecule has 1 aromatic carbocycles. The molecule has 1 amide bonds. The monoisotopic (exact) mass is 290 g/mol. The van der Waals surface area contributed by atoms with Crippen molar-refractivity contribution in [1.29, 1.82) is 0 Å². The number of amides is 1. The molecule has 0 aliphatic carbocycles. The van der Waals surface area contributed by atoms with Crippen molar-refractivity contribution in [2.24, 2.45) is 0 Å². The number of aromatic amines is 1. The third kappa shape index (κ3) is 2.27. The molecule has 2 N–H and O–H groups in total. The van der Waals surface area contributed by atoms with Gasteiger partial charge in [-0.2, -0.15) is 11.8 Å². The molecule has 1 aliphatic rings. The first kappa shape index (κ1) is 13.1. The van der Waals surface area contributed by atoms with E-state index in [1.54, 1.807) is 17.8 Å². The maximum Gasteiger partial charge on any atom is 0.327 e. The summed E-state index contributed by atoms with van der Waals surface area (Å²) in [5, 5.41) is 10.2. The molecule has 3 rings (SSSR count). The number of carboxylic acid groups (broad SMARTS) is 1. The molecule has 1 atom stereocenters. The summed E-state index contributed by atoms with van der Waals surface area (Å²) in [6.07, 6.45) is 0. The van der Waals surface area contributed by atoms with Crippen molar-refractivity contribution in [2.45, 2.75) is 6.04 Å². The molecule has 1 unspecified atom stereocenters. The van der Waals surface area contributed by atoms with Crippen molar-refractivity contribution in [2.75, 3.05) is 18.1 Å². The average molecular weight is 290 g/mol. The quantitative estimate of drug-likeness (QED) is 0.884. The van der Waals surface area contributed by atoms with Crippen LogP contribution in [0.5, 0.6) is 0 Å². The van der Waals surface area contributed by atoms with Crippen LogP contribution >= 0.6 is 11.8 Å². The second kappa shape index (κ2) is 5.20. The van der Waals surface area contributed by atoms with E-state index in [0.29, 0.717) is 18.0 Å². The number of carboxylic acids is 1. The fourth-order valence-corrected chi connectivity index (χ4v) is 3.43. The van der Waals surface area contributed by atoms with E-state index in [4.69, 9.17) is 0 Å². The van der Waals surface area contributed by atoms with Gasteiger partial charge < -0.3 is 15.0 Å². The molecular formula is C14H14N2O3S. The summed E-state index contributed by atoms with van der Waals surface area (Å²) in [4.78, 5) is 28.3. The molecule has 5 nitrogen and oxygen atoms in total. The van der Waals surface area contributed by atoms with E-state index in [1.165, 1.54) is 4.90 Å². The Bertz CT molecular complexity index is 634. The van der Waals surface area contributed by atoms with Crippen LogP contribution in [0.4, 0.5) is 0 Å². The summed E-state index contributed by atoms with van der Waals surface area (Å²) in [5.74, 6) is 0.0346. The van der Waals surface area contributed by atoms with Crippen molar-refractivity contribution in [3.05, 3.63) is 36.0 Å². The highest BCUT2D eigenvalue weighted by Crippen LogP contribution is 2.21. The third-order valence-electron chi connectivity index (χ3n) is 3.43. The summed E-state index contributed by atoms with van der Waals surface area (Å²) in [6, 6.07) is 8.65. The van der Waals surface area contributed by atoms with Gasteiger partial charge in [-0.1, -0.05) is 18.2 Å². The van der Waals surface area contributed by atoms with Gasteiger partial charge in [-0.3, -0.25) is 4.79 Å². The highest BCUT2D eigenvalue weighted by Gasteiger charge is 2.33. The Morgan fingerprint density at radius 2 is 2.15 bits per heavy atom. The predicted molar refractivity (Wildman–Crippen MR) is 78.1 cm³/mol. The van der Waals surface area contributed by atoms with Gasteiger partial charge in [0, 0.05) is 29.0 Å². The highest BCUT2D eigenvalue weighted by atomic mass is 32.2. The molecule has 20 heavy (non-hydrogen) atoms. The van der Waals surface area contributed by atoms with Crippen molar-refractivity contribution in [3.63, 3.8) is 0 Å². The molecule has 6 heteroatoms. The molecule has 0 radical (unpaired) electrons. The van der Waals surface area contributed by atoms with Crippen molar-refractivity contribution in [1.82, 2.24) is 9.88 Å². The second-order valence-electron chi connectivity index (χ2n) is 4.70. The van der Waals surface area contributed by atoms with Crippen LogP contribution in [0.15, 0.2) is 30.3 Å². The standard InChI is InChI=1S/C14H14N2O3S/c17-13(16-5-6-20-8-12(16)14(18)19)11-7-9-3-1-2-4-10(9)15-11/h1-4,7,12,15H,5-6,8H2,(H,18,19). The third-order valence-corrected chi connectivity index (χ3v) is 4.46. The number of nitrogens with zero attached hydrogens (tertiary/aromatic N) is 1. The summed E-state index contributed by atoms with van der Waals surface area (Å²) in [6.45, 7) is 0.468. The predicted octanol–water partition coefficient (Wildman–Crippen LogP) is 1.81. The zero-order chi connectivity index (χ0) is 14.1. The van der Waals surface area contributed by atoms with Crippen molar-refractivity contribution < 1.29 is 14.7 Å². The largest absolute Gasteiger partial charge is 0.480 e. The SMILES string of the molecule is O=C(O)C1CSCCN1C(=O)c1cc2ccccc2[nH]1. The van der Waals surface area contributed by atoms with Gasteiger partial charge in [-0.05, 0) is 12.1 Å². The summed E-state index contributed by atoms with van der Waals surface area (Å²) in [7, 11) is 0. The Balaban J connectivity index is 1.92. The normalized spacial score (nSPS) is 19.2. The average Bonchev–Trinajstić information content (AvgIpc) is 2.90. The summed E-state index contributed by atoms with van der Waals surface area (Å²) in [5.41, 5.74) is 1.33. The van der Waals surface area contributed by atoms with Gasteiger partial charge in [-0.15, -0.1) is 0 Å². The molecule has 0 saturated carbocycles. The number of H-pyrrole nitrogens is 1. The minimum atomic E-state index is -0.943. The van der Waals surface area contributed by atoms with Crippen molar-refractivity contribution >= 4 is 34.5 Å². The number of hydrogen-bond acceptors (Lipinski definition) is 3. The lowest BCUT2D eigenvalue weighted by Crippen LogP contribution is -2.50. The number of para-hydroxylation sites is 1. The van der Waals surface area contributed by atoms with E-state index < -0.39 is 12.0 Å². The molecule has 0 spiro atoms. The minimum absolute atomic E-state index is 0.242. The number of aromatic nitrogens is 1. The van der Waals surface area contributed by atoms with Crippen LogP contribution in [-0.2, 0) is 4.79 Å². The first-order chi connectivity index (χ1) is 9.66. The first-order valence-electron chi connectivity index (χ1n) is 6.36. The van der Waals surface area contributed by atoms with Crippen LogP contribution in [0, 0.1) is 0 Å². The Labute approximate surface area is 120 Å². The number of hydrogen-bond donors (Lipinski definition) is 2. The number of carbonyl (C=O) groups is 2. The topological polar surface area (TPSA) is 73.4 Å². The molecule has 0 bridgehead atoms.